The van der Waals surface area contributed by atoms with Crippen molar-refractivity contribution in [3.63, 3.8) is 0 Å². The average molecular weight is 345 g/mol. The zero-order valence-corrected chi connectivity index (χ0v) is 15.3. The molecule has 1 aromatic carbocycles. The lowest BCUT2D eigenvalue weighted by Crippen LogP contribution is -2.38. The molecule has 1 unspecified atom stereocenters. The highest BCUT2D eigenvalue weighted by Crippen LogP contribution is 2.30. The molecule has 6 heteroatoms. The molecular weight excluding hydrogens is 318 g/mol. The van der Waals surface area contributed by atoms with E-state index in [0.29, 0.717) is 25.7 Å². The number of benzene rings is 1. The molecule has 0 radical (unpaired) electrons. The van der Waals surface area contributed by atoms with Gasteiger partial charge in [-0.15, -0.1) is 0 Å². The Kier molecular flexibility index (Phi) is 7.19. The molecule has 2 aromatic rings. The van der Waals surface area contributed by atoms with Crippen molar-refractivity contribution in [2.24, 2.45) is 4.99 Å². The molecule has 1 heterocycles. The van der Waals surface area contributed by atoms with Gasteiger partial charge in [0.25, 0.3) is 0 Å². The monoisotopic (exact) mass is 345 g/mol. The van der Waals surface area contributed by atoms with E-state index in [1.807, 2.05) is 44.2 Å². The van der Waals surface area contributed by atoms with Crippen LogP contribution in [0.1, 0.15) is 38.1 Å². The van der Waals surface area contributed by atoms with E-state index in [1.165, 1.54) is 0 Å². The molecule has 0 saturated carbocycles. The molecule has 0 aliphatic carbocycles. The van der Waals surface area contributed by atoms with Gasteiger partial charge in [0.05, 0.1) is 32.1 Å². The Labute approximate surface area is 149 Å². The maximum atomic E-state index is 5.70. The first-order valence-electron chi connectivity index (χ1n) is 8.57. The second kappa shape index (κ2) is 9.61. The third-order valence-electron chi connectivity index (χ3n) is 3.65. The number of hydrogen-bond donors (Lipinski definition) is 2. The number of nitrogens with zero attached hydrogens (tertiary/aromatic N) is 1. The van der Waals surface area contributed by atoms with E-state index in [1.54, 1.807) is 13.3 Å². The summed E-state index contributed by atoms with van der Waals surface area (Å²) in [5.41, 5.74) is 1.09. The molecule has 2 rings (SSSR count). The van der Waals surface area contributed by atoms with Crippen molar-refractivity contribution >= 4 is 5.96 Å². The van der Waals surface area contributed by atoms with Gasteiger partial charge in [0.15, 0.2) is 17.5 Å². The second-order valence-electron chi connectivity index (χ2n) is 5.44. The number of aliphatic imine (C=N–C) groups is 1. The van der Waals surface area contributed by atoms with E-state index in [2.05, 4.69) is 22.5 Å². The first kappa shape index (κ1) is 18.7. The average Bonchev–Trinajstić information content (AvgIpc) is 3.13. The molecule has 0 amide bonds. The van der Waals surface area contributed by atoms with Gasteiger partial charge in [-0.1, -0.05) is 6.07 Å². The van der Waals surface area contributed by atoms with Crippen molar-refractivity contribution in [2.75, 3.05) is 20.3 Å². The van der Waals surface area contributed by atoms with Crippen LogP contribution in [0, 0.1) is 0 Å². The van der Waals surface area contributed by atoms with E-state index in [9.17, 15) is 0 Å². The van der Waals surface area contributed by atoms with Crippen LogP contribution >= 0.6 is 0 Å². The molecule has 1 atom stereocenters. The lowest BCUT2D eigenvalue weighted by atomic mass is 10.1. The summed E-state index contributed by atoms with van der Waals surface area (Å²) >= 11 is 0. The van der Waals surface area contributed by atoms with Crippen LogP contribution in [-0.2, 0) is 6.54 Å². The summed E-state index contributed by atoms with van der Waals surface area (Å²) < 4.78 is 16.6. The maximum Gasteiger partial charge on any atom is 0.191 e. The molecule has 2 N–H and O–H groups in total. The number of hydrogen-bond acceptors (Lipinski definition) is 4. The van der Waals surface area contributed by atoms with Gasteiger partial charge in [-0.3, -0.25) is 4.99 Å². The van der Waals surface area contributed by atoms with E-state index in [4.69, 9.17) is 13.9 Å². The quantitative estimate of drug-likeness (QED) is 0.566. The van der Waals surface area contributed by atoms with Crippen LogP contribution < -0.4 is 20.1 Å². The van der Waals surface area contributed by atoms with Crippen LogP contribution in [0.4, 0.5) is 0 Å². The van der Waals surface area contributed by atoms with Crippen LogP contribution in [0.2, 0.25) is 0 Å². The molecule has 25 heavy (non-hydrogen) atoms. The number of guanidine groups is 1. The Balaban J connectivity index is 2.02. The lowest BCUT2D eigenvalue weighted by molar-refractivity contribution is 0.287. The van der Waals surface area contributed by atoms with Crippen LogP contribution in [0.15, 0.2) is 46.0 Å². The molecule has 0 spiro atoms. The number of nitrogens with one attached hydrogen (secondary N) is 2. The van der Waals surface area contributed by atoms with Gasteiger partial charge < -0.3 is 24.5 Å². The van der Waals surface area contributed by atoms with Gasteiger partial charge in [0, 0.05) is 7.05 Å². The fourth-order valence-corrected chi connectivity index (χ4v) is 2.40. The number of rotatable bonds is 8. The SMILES string of the molecule is CCOc1ccc(C(C)NC(=NC)NCc2ccco2)cc1OCC. The zero-order valence-electron chi connectivity index (χ0n) is 15.3. The molecule has 136 valence electrons. The Morgan fingerprint density at radius 2 is 1.92 bits per heavy atom. The topological polar surface area (TPSA) is 68.0 Å². The van der Waals surface area contributed by atoms with Crippen LogP contribution in [0.5, 0.6) is 11.5 Å². The van der Waals surface area contributed by atoms with Gasteiger partial charge in [-0.05, 0) is 50.6 Å². The largest absolute Gasteiger partial charge is 0.490 e. The first-order valence-corrected chi connectivity index (χ1v) is 8.57. The van der Waals surface area contributed by atoms with Crippen molar-refractivity contribution in [1.29, 1.82) is 0 Å². The first-order chi connectivity index (χ1) is 12.2. The minimum atomic E-state index is 0.0534. The van der Waals surface area contributed by atoms with Crippen LogP contribution in [0.3, 0.4) is 0 Å². The van der Waals surface area contributed by atoms with Crippen LogP contribution in [-0.4, -0.2) is 26.2 Å². The summed E-state index contributed by atoms with van der Waals surface area (Å²) in [7, 11) is 1.74. The Morgan fingerprint density at radius 1 is 1.16 bits per heavy atom. The molecular formula is C19H27N3O3. The molecule has 0 aliphatic rings. The Hall–Kier alpha value is -2.63. The van der Waals surface area contributed by atoms with Crippen molar-refractivity contribution in [2.45, 2.75) is 33.4 Å². The summed E-state index contributed by atoms with van der Waals surface area (Å²) in [6.45, 7) is 7.78. The highest BCUT2D eigenvalue weighted by molar-refractivity contribution is 5.80. The molecule has 0 aliphatic heterocycles. The predicted molar refractivity (Wildman–Crippen MR) is 99.2 cm³/mol. The van der Waals surface area contributed by atoms with Crippen molar-refractivity contribution < 1.29 is 13.9 Å². The van der Waals surface area contributed by atoms with Gasteiger partial charge >= 0.3 is 0 Å². The van der Waals surface area contributed by atoms with Gasteiger partial charge in [0.2, 0.25) is 0 Å². The smallest absolute Gasteiger partial charge is 0.191 e. The van der Waals surface area contributed by atoms with Gasteiger partial charge in [-0.25, -0.2) is 0 Å². The fourth-order valence-electron chi connectivity index (χ4n) is 2.40. The highest BCUT2D eigenvalue weighted by atomic mass is 16.5. The van der Waals surface area contributed by atoms with E-state index >= 15 is 0 Å². The third kappa shape index (κ3) is 5.45. The Morgan fingerprint density at radius 3 is 2.56 bits per heavy atom. The van der Waals surface area contributed by atoms with Crippen molar-refractivity contribution in [1.82, 2.24) is 10.6 Å². The molecule has 0 fully saturated rings. The summed E-state index contributed by atoms with van der Waals surface area (Å²) in [4.78, 5) is 4.26. The predicted octanol–water partition coefficient (Wildman–Crippen LogP) is 3.50. The van der Waals surface area contributed by atoms with Crippen molar-refractivity contribution in [3.8, 4) is 11.5 Å². The minimum Gasteiger partial charge on any atom is -0.490 e. The maximum absolute atomic E-state index is 5.70. The summed E-state index contributed by atoms with van der Waals surface area (Å²) in [5, 5.41) is 6.60. The molecule has 0 saturated heterocycles. The Bertz CT molecular complexity index is 669. The zero-order chi connectivity index (χ0) is 18.1. The van der Waals surface area contributed by atoms with E-state index < -0.39 is 0 Å². The third-order valence-corrected chi connectivity index (χ3v) is 3.65. The summed E-state index contributed by atoms with van der Waals surface area (Å²) in [5.74, 6) is 3.08. The standard InChI is InChI=1S/C19H27N3O3/c1-5-23-17-10-9-15(12-18(17)24-6-2)14(3)22-19(20-4)21-13-16-8-7-11-25-16/h7-12,14H,5-6,13H2,1-4H3,(H2,20,21,22). The summed E-state index contributed by atoms with van der Waals surface area (Å²) in [6, 6.07) is 9.82. The minimum absolute atomic E-state index is 0.0534. The highest BCUT2D eigenvalue weighted by Gasteiger charge is 2.12. The summed E-state index contributed by atoms with van der Waals surface area (Å²) in [6.07, 6.45) is 1.66. The molecule has 1 aromatic heterocycles. The number of furan rings is 1. The van der Waals surface area contributed by atoms with E-state index in [-0.39, 0.29) is 6.04 Å². The number of ether oxygens (including phenoxy) is 2. The van der Waals surface area contributed by atoms with E-state index in [0.717, 1.165) is 22.8 Å². The molecule has 0 bridgehead atoms. The fraction of sp³-hybridized carbons (Fsp3) is 0.421. The molecule has 6 nitrogen and oxygen atoms in total. The van der Waals surface area contributed by atoms with Gasteiger partial charge in [0.1, 0.15) is 5.76 Å². The second-order valence-corrected chi connectivity index (χ2v) is 5.44. The normalized spacial score (nSPS) is 12.6. The van der Waals surface area contributed by atoms with Crippen LogP contribution in [0.25, 0.3) is 0 Å². The van der Waals surface area contributed by atoms with Crippen molar-refractivity contribution in [3.05, 3.63) is 47.9 Å². The van der Waals surface area contributed by atoms with Gasteiger partial charge in [-0.2, -0.15) is 0 Å². The lowest BCUT2D eigenvalue weighted by Gasteiger charge is -2.19.